The summed E-state index contributed by atoms with van der Waals surface area (Å²) in [7, 11) is -4.89. The molecular weight excluding hydrogens is 400 g/mol. The van der Waals surface area contributed by atoms with Crippen LogP contribution in [0.25, 0.3) is 0 Å². The number of sulfone groups is 1. The van der Waals surface area contributed by atoms with Crippen molar-refractivity contribution in [3.63, 3.8) is 0 Å². The number of nitro benzene ring substituents is 1. The maximum atomic E-state index is 12.6. The van der Waals surface area contributed by atoms with Crippen molar-refractivity contribution >= 4 is 32.5 Å². The largest absolute Gasteiger partial charge is 0.379 e. The first-order valence-corrected chi connectivity index (χ1v) is 10.7. The average molecular weight is 417 g/mol. The lowest BCUT2D eigenvalue weighted by molar-refractivity contribution is -0.384. The Bertz CT molecular complexity index is 937. The molecule has 0 amide bonds. The molecule has 0 fully saturated rings. The van der Waals surface area contributed by atoms with E-state index in [4.69, 9.17) is 0 Å². The molecule has 0 atom stereocenters. The Morgan fingerprint density at radius 2 is 2.04 bits per heavy atom. The Kier molecular flexibility index (Phi) is 5.70. The van der Waals surface area contributed by atoms with Crippen molar-refractivity contribution < 1.29 is 22.1 Å². The summed E-state index contributed by atoms with van der Waals surface area (Å²) in [6, 6.07) is 2.74. The minimum Gasteiger partial charge on any atom is -0.379 e. The van der Waals surface area contributed by atoms with Crippen molar-refractivity contribution in [2.75, 3.05) is 11.9 Å². The first-order valence-electron chi connectivity index (χ1n) is 8.31. The minimum absolute atomic E-state index is 0.0783. The highest BCUT2D eigenvalue weighted by molar-refractivity contribution is 7.91. The van der Waals surface area contributed by atoms with Gasteiger partial charge in [-0.25, -0.2) is 13.4 Å². The van der Waals surface area contributed by atoms with Crippen LogP contribution < -0.4 is 5.32 Å². The molecule has 11 heteroatoms. The quantitative estimate of drug-likeness (QED) is 0.546. The molecule has 1 heterocycles. The molecule has 1 N–H and O–H groups in total. The van der Waals surface area contributed by atoms with E-state index in [-0.39, 0.29) is 5.69 Å². The van der Waals surface area contributed by atoms with Gasteiger partial charge in [0.2, 0.25) is 9.84 Å². The second-order valence-corrected chi connectivity index (χ2v) is 9.19. The first kappa shape index (κ1) is 19.6. The van der Waals surface area contributed by atoms with E-state index in [1.807, 2.05) is 0 Å². The van der Waals surface area contributed by atoms with Gasteiger partial charge in [0, 0.05) is 23.9 Å². The highest BCUT2D eigenvalue weighted by Crippen LogP contribution is 2.30. The molecule has 0 saturated carbocycles. The number of rotatable bonds is 7. The standard InChI is InChI=1S/C16H17F2N3O4S2/c17-16(18)27(24,25)10-5-6-11(13(9-10)21(22)23)19-8-7-15-20-12-3-1-2-4-14(12)26-15/h5-6,9,16,19H,1-4,7-8H2. The number of nitro groups is 1. The van der Waals surface area contributed by atoms with Crippen LogP contribution >= 0.6 is 11.3 Å². The van der Waals surface area contributed by atoms with Crippen LogP contribution in [-0.2, 0) is 29.1 Å². The molecule has 146 valence electrons. The fourth-order valence-corrected chi connectivity index (χ4v) is 4.80. The lowest BCUT2D eigenvalue weighted by Gasteiger charge is -2.08. The number of halogens is 2. The number of hydrogen-bond acceptors (Lipinski definition) is 7. The molecule has 0 spiro atoms. The van der Waals surface area contributed by atoms with Crippen molar-refractivity contribution in [1.82, 2.24) is 4.98 Å². The lowest BCUT2D eigenvalue weighted by Crippen LogP contribution is -2.13. The SMILES string of the molecule is O=[N+]([O-])c1cc(S(=O)(=O)C(F)F)ccc1NCCc1nc2c(s1)CCCC2. The molecule has 0 radical (unpaired) electrons. The van der Waals surface area contributed by atoms with Crippen LogP contribution in [0.2, 0.25) is 0 Å². The average Bonchev–Trinajstić information content (AvgIpc) is 3.04. The van der Waals surface area contributed by atoms with Crippen LogP contribution in [0.5, 0.6) is 0 Å². The number of aryl methyl sites for hydroxylation is 2. The van der Waals surface area contributed by atoms with Crippen LogP contribution in [0.3, 0.4) is 0 Å². The van der Waals surface area contributed by atoms with Gasteiger partial charge < -0.3 is 5.32 Å². The fourth-order valence-electron chi connectivity index (χ4n) is 2.91. The third kappa shape index (κ3) is 4.24. The maximum Gasteiger partial charge on any atom is 0.341 e. The number of nitrogens with zero attached hydrogens (tertiary/aromatic N) is 2. The summed E-state index contributed by atoms with van der Waals surface area (Å²) < 4.78 is 48.3. The summed E-state index contributed by atoms with van der Waals surface area (Å²) in [6.45, 7) is 0.355. The Labute approximate surface area is 158 Å². The summed E-state index contributed by atoms with van der Waals surface area (Å²) in [5, 5.41) is 15.0. The predicted octanol–water partition coefficient (Wildman–Crippen LogP) is 3.58. The second-order valence-electron chi connectivity index (χ2n) is 6.10. The Balaban J connectivity index is 1.72. The number of fused-ring (bicyclic) bond motifs is 1. The van der Waals surface area contributed by atoms with Crippen molar-refractivity contribution in [3.8, 4) is 0 Å². The van der Waals surface area contributed by atoms with Crippen LogP contribution in [0.15, 0.2) is 23.1 Å². The van der Waals surface area contributed by atoms with Crippen molar-refractivity contribution in [2.24, 2.45) is 0 Å². The molecule has 0 bridgehead atoms. The molecule has 3 rings (SSSR count). The van der Waals surface area contributed by atoms with Crippen LogP contribution in [-0.4, -0.2) is 30.6 Å². The van der Waals surface area contributed by atoms with Gasteiger partial charge in [-0.2, -0.15) is 8.78 Å². The molecule has 27 heavy (non-hydrogen) atoms. The number of benzene rings is 1. The molecule has 0 unspecified atom stereocenters. The van der Waals surface area contributed by atoms with E-state index in [1.165, 1.54) is 4.88 Å². The molecule has 1 aliphatic carbocycles. The monoisotopic (exact) mass is 417 g/mol. The van der Waals surface area contributed by atoms with Gasteiger partial charge in [-0.15, -0.1) is 11.3 Å². The van der Waals surface area contributed by atoms with Crippen LogP contribution in [0.4, 0.5) is 20.2 Å². The van der Waals surface area contributed by atoms with Gasteiger partial charge in [0.1, 0.15) is 5.69 Å². The third-order valence-electron chi connectivity index (χ3n) is 4.27. The molecule has 0 aliphatic heterocycles. The topological polar surface area (TPSA) is 102 Å². The van der Waals surface area contributed by atoms with Gasteiger partial charge in [-0.05, 0) is 37.8 Å². The van der Waals surface area contributed by atoms with E-state index in [0.29, 0.717) is 19.0 Å². The predicted molar refractivity (Wildman–Crippen MR) is 97.2 cm³/mol. The summed E-state index contributed by atoms with van der Waals surface area (Å²) in [6.07, 6.45) is 4.87. The zero-order chi connectivity index (χ0) is 19.6. The van der Waals surface area contributed by atoms with Crippen molar-refractivity contribution in [1.29, 1.82) is 0 Å². The molecule has 7 nitrogen and oxygen atoms in total. The molecule has 1 aromatic heterocycles. The van der Waals surface area contributed by atoms with E-state index in [9.17, 15) is 27.3 Å². The van der Waals surface area contributed by atoms with Crippen molar-refractivity contribution in [2.45, 2.75) is 42.8 Å². The van der Waals surface area contributed by atoms with Crippen LogP contribution in [0, 0.1) is 10.1 Å². The number of nitrogens with one attached hydrogen (secondary N) is 1. The van der Waals surface area contributed by atoms with E-state index in [2.05, 4.69) is 10.3 Å². The van der Waals surface area contributed by atoms with Crippen LogP contribution in [0.1, 0.15) is 28.4 Å². The van der Waals surface area contributed by atoms with Gasteiger partial charge in [-0.1, -0.05) is 0 Å². The molecule has 1 aliphatic rings. The number of alkyl halides is 2. The minimum atomic E-state index is -4.89. The van der Waals surface area contributed by atoms with Gasteiger partial charge in [0.05, 0.1) is 20.5 Å². The van der Waals surface area contributed by atoms with E-state index in [1.54, 1.807) is 11.3 Å². The summed E-state index contributed by atoms with van der Waals surface area (Å²) in [4.78, 5) is 15.5. The zero-order valence-corrected chi connectivity index (χ0v) is 15.8. The molecule has 0 saturated heterocycles. The molecular formula is C16H17F2N3O4S2. The second kappa shape index (κ2) is 7.85. The smallest absolute Gasteiger partial charge is 0.341 e. The van der Waals surface area contributed by atoms with E-state index < -0.39 is 31.1 Å². The first-order chi connectivity index (χ1) is 12.8. The number of anilines is 1. The highest BCUT2D eigenvalue weighted by atomic mass is 32.2. The Hall–Kier alpha value is -2.14. The molecule has 1 aromatic carbocycles. The van der Waals surface area contributed by atoms with Gasteiger partial charge in [-0.3, -0.25) is 10.1 Å². The van der Waals surface area contributed by atoms with E-state index >= 15 is 0 Å². The Morgan fingerprint density at radius 1 is 1.30 bits per heavy atom. The number of aromatic nitrogens is 1. The fraction of sp³-hybridized carbons (Fsp3) is 0.438. The third-order valence-corrected chi connectivity index (χ3v) is 6.87. The lowest BCUT2D eigenvalue weighted by atomic mass is 10.0. The summed E-state index contributed by atoms with van der Waals surface area (Å²) >= 11 is 1.64. The summed E-state index contributed by atoms with van der Waals surface area (Å²) in [5.41, 5.74) is 0.651. The van der Waals surface area contributed by atoms with Gasteiger partial charge in [0.25, 0.3) is 5.69 Å². The summed E-state index contributed by atoms with van der Waals surface area (Å²) in [5.74, 6) is -3.63. The maximum absolute atomic E-state index is 12.6. The van der Waals surface area contributed by atoms with Crippen molar-refractivity contribution in [3.05, 3.63) is 43.9 Å². The van der Waals surface area contributed by atoms with Gasteiger partial charge in [0.15, 0.2) is 0 Å². The zero-order valence-electron chi connectivity index (χ0n) is 14.2. The molecule has 2 aromatic rings. The van der Waals surface area contributed by atoms with Gasteiger partial charge >= 0.3 is 5.76 Å². The number of hydrogen-bond donors (Lipinski definition) is 1. The highest BCUT2D eigenvalue weighted by Gasteiger charge is 2.29. The number of thiazole rings is 1. The normalized spacial score (nSPS) is 14.2. The van der Waals surface area contributed by atoms with E-state index in [0.717, 1.165) is 48.5 Å². The Morgan fingerprint density at radius 3 is 2.70 bits per heavy atom.